The van der Waals surface area contributed by atoms with Gasteiger partial charge in [0.1, 0.15) is 5.75 Å². The van der Waals surface area contributed by atoms with Gasteiger partial charge in [-0.3, -0.25) is 4.79 Å². The molecule has 0 aliphatic heterocycles. The maximum atomic E-state index is 12.5. The number of benzene rings is 1. The first kappa shape index (κ1) is 16.0. The van der Waals surface area contributed by atoms with E-state index in [2.05, 4.69) is 15.4 Å². The van der Waals surface area contributed by atoms with E-state index in [0.29, 0.717) is 12.1 Å². The molecule has 0 fully saturated rings. The Bertz CT molecular complexity index is 869. The summed E-state index contributed by atoms with van der Waals surface area (Å²) < 4.78 is 6.95. The van der Waals surface area contributed by atoms with Crippen molar-refractivity contribution < 1.29 is 9.53 Å². The van der Waals surface area contributed by atoms with Crippen LogP contribution in [0.25, 0.3) is 11.0 Å². The number of carbonyl (C=O) groups is 1. The maximum Gasteiger partial charge on any atom is 0.253 e. The molecular weight excluding hydrogens is 304 g/mol. The third-order valence-corrected chi connectivity index (χ3v) is 4.09. The Morgan fingerprint density at radius 3 is 2.67 bits per heavy atom. The zero-order valence-electron chi connectivity index (χ0n) is 14.0. The van der Waals surface area contributed by atoms with Gasteiger partial charge in [0.15, 0.2) is 5.65 Å². The molecule has 0 saturated carbocycles. The molecule has 0 aliphatic rings. The lowest BCUT2D eigenvalue weighted by Gasteiger charge is -2.09. The van der Waals surface area contributed by atoms with Crippen LogP contribution in [0, 0.1) is 6.92 Å². The number of ether oxygens (including phenoxy) is 1. The van der Waals surface area contributed by atoms with Crippen LogP contribution in [0.3, 0.4) is 0 Å². The highest BCUT2D eigenvalue weighted by molar-refractivity contribution is 5.99. The van der Waals surface area contributed by atoms with Gasteiger partial charge in [-0.1, -0.05) is 12.1 Å². The molecule has 2 aromatic heterocycles. The van der Waals surface area contributed by atoms with Crippen LogP contribution in [0.2, 0.25) is 0 Å². The van der Waals surface area contributed by atoms with Gasteiger partial charge in [0.05, 0.1) is 18.9 Å². The van der Waals surface area contributed by atoms with Crippen molar-refractivity contribution in [2.45, 2.75) is 26.9 Å². The number of aryl methyl sites for hydroxylation is 2. The highest BCUT2D eigenvalue weighted by atomic mass is 16.5. The van der Waals surface area contributed by atoms with Gasteiger partial charge in [0.2, 0.25) is 0 Å². The highest BCUT2D eigenvalue weighted by Crippen LogP contribution is 2.19. The topological polar surface area (TPSA) is 69.0 Å². The molecule has 1 N–H and O–H groups in total. The molecule has 0 atom stereocenters. The minimum Gasteiger partial charge on any atom is -0.497 e. The first-order valence-corrected chi connectivity index (χ1v) is 7.86. The van der Waals surface area contributed by atoms with Gasteiger partial charge in [-0.2, -0.15) is 5.10 Å². The molecule has 1 amide bonds. The molecule has 124 valence electrons. The number of nitrogens with one attached hydrogen (secondary N) is 1. The van der Waals surface area contributed by atoms with Gasteiger partial charge in [-0.15, -0.1) is 0 Å². The van der Waals surface area contributed by atoms with Crippen molar-refractivity contribution in [2.75, 3.05) is 7.11 Å². The van der Waals surface area contributed by atoms with Crippen molar-refractivity contribution in [1.29, 1.82) is 0 Å². The number of pyridine rings is 1. The van der Waals surface area contributed by atoms with E-state index in [1.165, 1.54) is 0 Å². The number of rotatable bonds is 5. The number of hydrogen-bond acceptors (Lipinski definition) is 4. The molecule has 24 heavy (non-hydrogen) atoms. The third kappa shape index (κ3) is 2.95. The minimum absolute atomic E-state index is 0.137. The van der Waals surface area contributed by atoms with Crippen LogP contribution in [0.15, 0.2) is 36.7 Å². The molecule has 6 heteroatoms. The number of carbonyl (C=O) groups excluding carboxylic acids is 1. The average Bonchev–Trinajstić information content (AvgIpc) is 3.04. The second-order valence-corrected chi connectivity index (χ2v) is 5.53. The van der Waals surface area contributed by atoms with Gasteiger partial charge in [-0.05, 0) is 37.1 Å². The fourth-order valence-electron chi connectivity index (χ4n) is 2.63. The van der Waals surface area contributed by atoms with E-state index in [9.17, 15) is 4.79 Å². The van der Waals surface area contributed by atoms with Crippen molar-refractivity contribution in [3.8, 4) is 5.75 Å². The minimum atomic E-state index is -0.137. The first-order chi connectivity index (χ1) is 11.6. The van der Waals surface area contributed by atoms with Crippen molar-refractivity contribution in [2.24, 2.45) is 0 Å². The Labute approximate surface area is 140 Å². The van der Waals surface area contributed by atoms with E-state index in [4.69, 9.17) is 4.74 Å². The van der Waals surface area contributed by atoms with Crippen LogP contribution in [-0.2, 0) is 13.1 Å². The fourth-order valence-corrected chi connectivity index (χ4v) is 2.63. The van der Waals surface area contributed by atoms with Crippen molar-refractivity contribution in [1.82, 2.24) is 20.1 Å². The molecule has 2 heterocycles. The molecule has 3 aromatic rings. The molecule has 3 rings (SSSR count). The lowest BCUT2D eigenvalue weighted by Crippen LogP contribution is -2.23. The molecule has 0 unspecified atom stereocenters. The zero-order valence-corrected chi connectivity index (χ0v) is 14.0. The molecule has 0 spiro atoms. The smallest absolute Gasteiger partial charge is 0.253 e. The van der Waals surface area contributed by atoms with Gasteiger partial charge in [-0.25, -0.2) is 9.67 Å². The van der Waals surface area contributed by atoms with Crippen molar-refractivity contribution in [3.05, 3.63) is 53.3 Å². The Morgan fingerprint density at radius 2 is 2.00 bits per heavy atom. The maximum absolute atomic E-state index is 12.5. The molecule has 1 aromatic carbocycles. The lowest BCUT2D eigenvalue weighted by atomic mass is 10.1. The zero-order chi connectivity index (χ0) is 17.1. The van der Waals surface area contributed by atoms with Crippen LogP contribution in [0.1, 0.15) is 28.4 Å². The van der Waals surface area contributed by atoms with Crippen LogP contribution in [-0.4, -0.2) is 27.8 Å². The van der Waals surface area contributed by atoms with E-state index in [0.717, 1.165) is 34.5 Å². The van der Waals surface area contributed by atoms with E-state index in [1.807, 2.05) is 42.8 Å². The third-order valence-electron chi connectivity index (χ3n) is 4.09. The summed E-state index contributed by atoms with van der Waals surface area (Å²) in [5.74, 6) is 0.658. The number of fused-ring (bicyclic) bond motifs is 1. The molecule has 6 nitrogen and oxygen atoms in total. The monoisotopic (exact) mass is 324 g/mol. The first-order valence-electron chi connectivity index (χ1n) is 7.86. The standard InChI is InChI=1S/C18H20N4O2/c1-4-22-17-15(11-21-22)12(2)16(10-19-17)18(23)20-9-13-5-7-14(24-3)8-6-13/h5-8,10-11H,4,9H2,1-3H3,(H,20,23). The molecular formula is C18H20N4O2. The predicted molar refractivity (Wildman–Crippen MR) is 92.1 cm³/mol. The molecule has 0 aliphatic carbocycles. The molecule has 0 bridgehead atoms. The predicted octanol–water partition coefficient (Wildman–Crippen LogP) is 2.70. The van der Waals surface area contributed by atoms with Crippen LogP contribution < -0.4 is 10.1 Å². The second kappa shape index (κ2) is 6.70. The Balaban J connectivity index is 1.77. The summed E-state index contributed by atoms with van der Waals surface area (Å²) in [7, 11) is 1.63. The number of hydrogen-bond donors (Lipinski definition) is 1. The highest BCUT2D eigenvalue weighted by Gasteiger charge is 2.14. The SMILES string of the molecule is CCn1ncc2c(C)c(C(=O)NCc3ccc(OC)cc3)cnc21. The summed E-state index contributed by atoms with van der Waals surface area (Å²) in [5, 5.41) is 8.14. The van der Waals surface area contributed by atoms with Gasteiger partial charge in [0, 0.05) is 24.7 Å². The Hall–Kier alpha value is -2.89. The molecule has 0 saturated heterocycles. The van der Waals surface area contributed by atoms with Crippen molar-refractivity contribution >= 4 is 16.9 Å². The van der Waals surface area contributed by atoms with Crippen LogP contribution in [0.4, 0.5) is 0 Å². The summed E-state index contributed by atoms with van der Waals surface area (Å²) in [6, 6.07) is 7.61. The van der Waals surface area contributed by atoms with E-state index >= 15 is 0 Å². The quantitative estimate of drug-likeness (QED) is 0.783. The number of amides is 1. The van der Waals surface area contributed by atoms with E-state index in [-0.39, 0.29) is 5.91 Å². The van der Waals surface area contributed by atoms with Crippen LogP contribution in [0.5, 0.6) is 5.75 Å². The summed E-state index contributed by atoms with van der Waals surface area (Å²) >= 11 is 0. The Kier molecular flexibility index (Phi) is 4.46. The summed E-state index contributed by atoms with van der Waals surface area (Å²) in [6.45, 7) is 5.14. The van der Waals surface area contributed by atoms with Crippen molar-refractivity contribution in [3.63, 3.8) is 0 Å². The number of aromatic nitrogens is 3. The number of nitrogens with zero attached hydrogens (tertiary/aromatic N) is 3. The largest absolute Gasteiger partial charge is 0.497 e. The second-order valence-electron chi connectivity index (χ2n) is 5.53. The average molecular weight is 324 g/mol. The number of methoxy groups -OCH3 is 1. The lowest BCUT2D eigenvalue weighted by molar-refractivity contribution is 0.0950. The normalized spacial score (nSPS) is 10.8. The van der Waals surface area contributed by atoms with E-state index in [1.54, 1.807) is 19.5 Å². The van der Waals surface area contributed by atoms with Gasteiger partial charge < -0.3 is 10.1 Å². The Morgan fingerprint density at radius 1 is 1.25 bits per heavy atom. The summed E-state index contributed by atoms with van der Waals surface area (Å²) in [4.78, 5) is 16.9. The fraction of sp³-hybridized carbons (Fsp3) is 0.278. The summed E-state index contributed by atoms with van der Waals surface area (Å²) in [5.41, 5.74) is 3.29. The van der Waals surface area contributed by atoms with Gasteiger partial charge >= 0.3 is 0 Å². The van der Waals surface area contributed by atoms with Crippen LogP contribution >= 0.6 is 0 Å². The van der Waals surface area contributed by atoms with E-state index < -0.39 is 0 Å². The summed E-state index contributed by atoms with van der Waals surface area (Å²) in [6.07, 6.45) is 3.39. The van der Waals surface area contributed by atoms with Gasteiger partial charge in [0.25, 0.3) is 5.91 Å². The molecule has 0 radical (unpaired) electrons.